The summed E-state index contributed by atoms with van der Waals surface area (Å²) in [6.45, 7) is 4.06. The molecule has 3 heterocycles. The lowest BCUT2D eigenvalue weighted by Crippen LogP contribution is -2.50. The molecule has 1 spiro atoms. The fourth-order valence-corrected chi connectivity index (χ4v) is 4.37. The quantitative estimate of drug-likeness (QED) is 0.812. The number of piperidine rings is 2. The lowest BCUT2D eigenvalue weighted by atomic mass is 9.93. The molecule has 3 saturated heterocycles. The zero-order valence-electron chi connectivity index (χ0n) is 15.8. The third-order valence-electron chi connectivity index (χ3n) is 6.05. The van der Waals surface area contributed by atoms with Gasteiger partial charge in [0, 0.05) is 44.9 Å². The predicted octanol–water partition coefficient (Wildman–Crippen LogP) is 1.83. The molecule has 4 rings (SSSR count). The average molecular weight is 372 g/mol. The van der Waals surface area contributed by atoms with Gasteiger partial charge in [-0.1, -0.05) is 30.3 Å². The van der Waals surface area contributed by atoms with Crippen molar-refractivity contribution in [1.29, 1.82) is 0 Å². The molecule has 6 heteroatoms. The van der Waals surface area contributed by atoms with Crippen LogP contribution in [0.1, 0.15) is 31.2 Å². The Morgan fingerprint density at radius 2 is 1.56 bits per heavy atom. The van der Waals surface area contributed by atoms with E-state index in [2.05, 4.69) is 0 Å². The highest BCUT2D eigenvalue weighted by Gasteiger charge is 2.42. The molecule has 0 aliphatic carbocycles. The minimum atomic E-state index is -0.440. The summed E-state index contributed by atoms with van der Waals surface area (Å²) in [5, 5.41) is 0. The van der Waals surface area contributed by atoms with E-state index in [0.29, 0.717) is 45.8 Å². The van der Waals surface area contributed by atoms with E-state index in [1.165, 1.54) is 0 Å². The molecule has 27 heavy (non-hydrogen) atoms. The summed E-state index contributed by atoms with van der Waals surface area (Å²) in [6, 6.07) is 9.83. The zero-order valence-corrected chi connectivity index (χ0v) is 15.8. The third kappa shape index (κ3) is 4.17. The topological polar surface area (TPSA) is 59.1 Å². The fraction of sp³-hybridized carbons (Fsp3) is 0.619. The standard InChI is InChI=1S/C21H28N2O4/c24-19(16-17-4-2-1-3-5-17)22-10-6-18(7-11-22)20(25)23-12-8-21(9-13-23)26-14-15-27-21/h1-5,18H,6-16H2. The molecule has 0 radical (unpaired) electrons. The summed E-state index contributed by atoms with van der Waals surface area (Å²) in [4.78, 5) is 29.2. The molecule has 6 nitrogen and oxygen atoms in total. The summed E-state index contributed by atoms with van der Waals surface area (Å²) < 4.78 is 11.5. The minimum Gasteiger partial charge on any atom is -0.347 e. The number of carbonyl (C=O) groups excluding carboxylic acids is 2. The highest BCUT2D eigenvalue weighted by Crippen LogP contribution is 2.32. The first-order chi connectivity index (χ1) is 13.2. The van der Waals surface area contributed by atoms with Crippen molar-refractivity contribution in [3.8, 4) is 0 Å². The van der Waals surface area contributed by atoms with Crippen molar-refractivity contribution in [3.63, 3.8) is 0 Å². The van der Waals surface area contributed by atoms with Crippen LogP contribution in [0.2, 0.25) is 0 Å². The predicted molar refractivity (Wildman–Crippen MR) is 99.9 cm³/mol. The Bertz CT molecular complexity index is 654. The van der Waals surface area contributed by atoms with Gasteiger partial charge in [0.05, 0.1) is 19.6 Å². The Morgan fingerprint density at radius 3 is 2.19 bits per heavy atom. The number of amides is 2. The number of benzene rings is 1. The zero-order chi connectivity index (χ0) is 18.7. The molecule has 1 aromatic carbocycles. The molecule has 0 N–H and O–H groups in total. The van der Waals surface area contributed by atoms with Crippen LogP contribution in [0.15, 0.2) is 30.3 Å². The summed E-state index contributed by atoms with van der Waals surface area (Å²) >= 11 is 0. The summed E-state index contributed by atoms with van der Waals surface area (Å²) in [6.07, 6.45) is 3.47. The van der Waals surface area contributed by atoms with E-state index in [4.69, 9.17) is 9.47 Å². The molecule has 3 aliphatic heterocycles. The number of ether oxygens (including phenoxy) is 2. The Balaban J connectivity index is 1.24. The highest BCUT2D eigenvalue weighted by molar-refractivity contribution is 5.81. The summed E-state index contributed by atoms with van der Waals surface area (Å²) in [5.74, 6) is -0.0184. The molecule has 0 atom stereocenters. The third-order valence-corrected chi connectivity index (χ3v) is 6.05. The normalized spacial score (nSPS) is 23.0. The first-order valence-electron chi connectivity index (χ1n) is 10.0. The van der Waals surface area contributed by atoms with Crippen molar-refractivity contribution < 1.29 is 19.1 Å². The van der Waals surface area contributed by atoms with Gasteiger partial charge >= 0.3 is 0 Å². The van der Waals surface area contributed by atoms with Crippen molar-refractivity contribution in [2.45, 2.75) is 37.9 Å². The first kappa shape index (κ1) is 18.4. The summed E-state index contributed by atoms with van der Waals surface area (Å²) in [7, 11) is 0. The van der Waals surface area contributed by atoms with E-state index >= 15 is 0 Å². The van der Waals surface area contributed by atoms with E-state index in [-0.39, 0.29) is 17.7 Å². The van der Waals surface area contributed by atoms with Gasteiger partial charge in [-0.2, -0.15) is 0 Å². The smallest absolute Gasteiger partial charge is 0.226 e. The maximum atomic E-state index is 12.9. The lowest BCUT2D eigenvalue weighted by molar-refractivity contribution is -0.188. The molecular weight excluding hydrogens is 344 g/mol. The van der Waals surface area contributed by atoms with Crippen LogP contribution >= 0.6 is 0 Å². The van der Waals surface area contributed by atoms with Crippen LogP contribution < -0.4 is 0 Å². The van der Waals surface area contributed by atoms with Crippen molar-refractivity contribution in [1.82, 2.24) is 9.80 Å². The Kier molecular flexibility index (Phi) is 5.45. The largest absolute Gasteiger partial charge is 0.347 e. The molecule has 0 saturated carbocycles. The van der Waals surface area contributed by atoms with Crippen LogP contribution in [0.25, 0.3) is 0 Å². The van der Waals surface area contributed by atoms with Gasteiger partial charge in [-0.25, -0.2) is 0 Å². The maximum Gasteiger partial charge on any atom is 0.226 e. The van der Waals surface area contributed by atoms with E-state index in [1.54, 1.807) is 0 Å². The van der Waals surface area contributed by atoms with Gasteiger partial charge in [0.1, 0.15) is 0 Å². The lowest BCUT2D eigenvalue weighted by Gasteiger charge is -2.40. The van der Waals surface area contributed by atoms with Gasteiger partial charge in [0.2, 0.25) is 11.8 Å². The molecule has 3 aliphatic rings. The highest BCUT2D eigenvalue weighted by atomic mass is 16.7. The molecule has 2 amide bonds. The van der Waals surface area contributed by atoms with Crippen LogP contribution in [0.3, 0.4) is 0 Å². The number of rotatable bonds is 3. The summed E-state index contributed by atoms with van der Waals surface area (Å²) in [5.41, 5.74) is 1.04. The maximum absolute atomic E-state index is 12.9. The van der Waals surface area contributed by atoms with Gasteiger partial charge in [0.15, 0.2) is 5.79 Å². The molecule has 0 bridgehead atoms. The van der Waals surface area contributed by atoms with Crippen molar-refractivity contribution >= 4 is 11.8 Å². The SMILES string of the molecule is O=C(Cc1ccccc1)N1CCC(C(=O)N2CCC3(CC2)OCCO3)CC1. The second-order valence-corrected chi connectivity index (χ2v) is 7.75. The number of carbonyl (C=O) groups is 2. The molecule has 0 unspecified atom stereocenters. The average Bonchev–Trinajstić information content (AvgIpc) is 3.17. The van der Waals surface area contributed by atoms with Crippen LogP contribution in [0, 0.1) is 5.92 Å². The van der Waals surface area contributed by atoms with Crippen molar-refractivity contribution in [3.05, 3.63) is 35.9 Å². The van der Waals surface area contributed by atoms with E-state index < -0.39 is 5.79 Å². The van der Waals surface area contributed by atoms with E-state index in [0.717, 1.165) is 31.2 Å². The second kappa shape index (κ2) is 7.98. The fourth-order valence-electron chi connectivity index (χ4n) is 4.37. The second-order valence-electron chi connectivity index (χ2n) is 7.75. The molecule has 1 aromatic rings. The Morgan fingerprint density at radius 1 is 0.926 bits per heavy atom. The number of hydrogen-bond acceptors (Lipinski definition) is 4. The van der Waals surface area contributed by atoms with Gasteiger partial charge < -0.3 is 19.3 Å². The van der Waals surface area contributed by atoms with Gasteiger partial charge in [-0.3, -0.25) is 9.59 Å². The molecule has 3 fully saturated rings. The molecular formula is C21H28N2O4. The van der Waals surface area contributed by atoms with Crippen LogP contribution in [-0.4, -0.2) is 66.8 Å². The van der Waals surface area contributed by atoms with E-state index in [1.807, 2.05) is 40.1 Å². The van der Waals surface area contributed by atoms with Gasteiger partial charge in [-0.05, 0) is 18.4 Å². The van der Waals surface area contributed by atoms with Crippen LogP contribution in [0.4, 0.5) is 0 Å². The number of hydrogen-bond donors (Lipinski definition) is 0. The van der Waals surface area contributed by atoms with Gasteiger partial charge in [-0.15, -0.1) is 0 Å². The van der Waals surface area contributed by atoms with Crippen molar-refractivity contribution in [2.24, 2.45) is 5.92 Å². The van der Waals surface area contributed by atoms with E-state index in [9.17, 15) is 9.59 Å². The first-order valence-corrected chi connectivity index (χ1v) is 10.0. The van der Waals surface area contributed by atoms with Crippen molar-refractivity contribution in [2.75, 3.05) is 39.4 Å². The number of nitrogens with zero attached hydrogens (tertiary/aromatic N) is 2. The minimum absolute atomic E-state index is 0.0326. The Hall–Kier alpha value is -1.92. The Labute approximate surface area is 160 Å². The van der Waals surface area contributed by atoms with Gasteiger partial charge in [0.25, 0.3) is 0 Å². The molecule has 146 valence electrons. The monoisotopic (exact) mass is 372 g/mol. The molecule has 0 aromatic heterocycles. The van der Waals surface area contributed by atoms with Crippen LogP contribution in [0.5, 0.6) is 0 Å². The number of likely N-dealkylation sites (tertiary alicyclic amines) is 2. The van der Waals surface area contributed by atoms with Crippen LogP contribution in [-0.2, 0) is 25.5 Å².